The van der Waals surface area contributed by atoms with E-state index in [4.69, 9.17) is 14.2 Å². The van der Waals surface area contributed by atoms with Gasteiger partial charge in [0.1, 0.15) is 11.4 Å². The Morgan fingerprint density at radius 2 is 1.70 bits per heavy atom. The van der Waals surface area contributed by atoms with Gasteiger partial charge in [-0.15, -0.1) is 0 Å². The smallest absolute Gasteiger partial charge is 0.410 e. The highest BCUT2D eigenvalue weighted by atomic mass is 32.2. The molecule has 33 heavy (non-hydrogen) atoms. The van der Waals surface area contributed by atoms with E-state index in [2.05, 4.69) is 6.07 Å². The number of nitrogens with zero attached hydrogens (tertiary/aromatic N) is 1. The fraction of sp³-hybridized carbons (Fsp3) is 0.500. The lowest BCUT2D eigenvalue weighted by Gasteiger charge is -2.33. The van der Waals surface area contributed by atoms with Crippen LogP contribution in [0, 0.1) is 5.92 Å². The highest BCUT2D eigenvalue weighted by Gasteiger charge is 2.27. The number of ether oxygens (including phenoxy) is 3. The lowest BCUT2D eigenvalue weighted by molar-refractivity contribution is 0.0164. The van der Waals surface area contributed by atoms with Crippen molar-refractivity contribution in [2.75, 3.05) is 33.1 Å². The number of carbonyl (C=O) groups is 1. The predicted molar refractivity (Wildman–Crippen MR) is 131 cm³/mol. The van der Waals surface area contributed by atoms with Crippen LogP contribution in [0.1, 0.15) is 39.2 Å². The molecule has 1 saturated heterocycles. The zero-order chi connectivity index (χ0) is 24.0. The van der Waals surface area contributed by atoms with Crippen molar-refractivity contribution in [3.8, 4) is 16.9 Å². The summed E-state index contributed by atoms with van der Waals surface area (Å²) in [7, 11) is 0.686. The maximum atomic E-state index is 12.3. The molecule has 1 unspecified atom stereocenters. The molecule has 1 fully saturated rings. The largest absolute Gasteiger partial charge is 0.493 e. The van der Waals surface area contributed by atoms with Crippen LogP contribution in [0.4, 0.5) is 4.79 Å². The molecular formula is C26H35NO5S. The molecule has 2 aromatic carbocycles. The molecule has 1 aliphatic heterocycles. The zero-order valence-corrected chi connectivity index (χ0v) is 21.1. The Balaban J connectivity index is 1.60. The number of hydrogen-bond donors (Lipinski definition) is 0. The third kappa shape index (κ3) is 7.30. The number of carbonyl (C=O) groups excluding carboxylic acids is 1. The van der Waals surface area contributed by atoms with Crippen LogP contribution in [-0.4, -0.2) is 53.9 Å². The van der Waals surface area contributed by atoms with Gasteiger partial charge in [0.25, 0.3) is 0 Å². The number of benzene rings is 2. The van der Waals surface area contributed by atoms with Crippen LogP contribution < -0.4 is 4.74 Å². The van der Waals surface area contributed by atoms with E-state index in [0.717, 1.165) is 40.2 Å². The van der Waals surface area contributed by atoms with Crippen LogP contribution in [0.15, 0.2) is 47.4 Å². The summed E-state index contributed by atoms with van der Waals surface area (Å²) in [5.74, 6) is 1.21. The Labute approximate surface area is 199 Å². The summed E-state index contributed by atoms with van der Waals surface area (Å²) in [6.07, 6.45) is 3.22. The summed E-state index contributed by atoms with van der Waals surface area (Å²) in [6, 6.07) is 13.9. The van der Waals surface area contributed by atoms with E-state index in [1.165, 1.54) is 0 Å². The molecule has 7 heteroatoms. The first kappa shape index (κ1) is 25.2. The number of amides is 1. The van der Waals surface area contributed by atoms with Crippen molar-refractivity contribution in [1.29, 1.82) is 0 Å². The van der Waals surface area contributed by atoms with Gasteiger partial charge >= 0.3 is 6.09 Å². The van der Waals surface area contributed by atoms with Gasteiger partial charge in [-0.2, -0.15) is 0 Å². The summed E-state index contributed by atoms with van der Waals surface area (Å²) < 4.78 is 28.7. The number of likely N-dealkylation sites (tertiary alicyclic amines) is 1. The molecule has 0 bridgehead atoms. The van der Waals surface area contributed by atoms with Gasteiger partial charge in [0.05, 0.1) is 13.2 Å². The van der Waals surface area contributed by atoms with Gasteiger partial charge in [-0.3, -0.25) is 4.21 Å². The third-order valence-electron chi connectivity index (χ3n) is 5.62. The average Bonchev–Trinajstić information content (AvgIpc) is 2.77. The Bertz CT molecular complexity index is 960. The zero-order valence-electron chi connectivity index (χ0n) is 20.3. The Morgan fingerprint density at radius 1 is 1.06 bits per heavy atom. The molecule has 1 aliphatic rings. The summed E-state index contributed by atoms with van der Waals surface area (Å²) in [5, 5.41) is 0. The summed E-state index contributed by atoms with van der Waals surface area (Å²) >= 11 is 0. The molecule has 0 aliphatic carbocycles. The Morgan fingerprint density at radius 3 is 2.27 bits per heavy atom. The first-order valence-electron chi connectivity index (χ1n) is 11.3. The maximum Gasteiger partial charge on any atom is 0.410 e. The molecular weight excluding hydrogens is 438 g/mol. The van der Waals surface area contributed by atoms with E-state index >= 15 is 0 Å². The molecule has 1 amide bonds. The van der Waals surface area contributed by atoms with E-state index in [1.807, 2.05) is 57.2 Å². The van der Waals surface area contributed by atoms with Crippen molar-refractivity contribution in [3.05, 3.63) is 48.0 Å². The fourth-order valence-corrected chi connectivity index (χ4v) is 4.34. The highest BCUT2D eigenvalue weighted by molar-refractivity contribution is 7.84. The van der Waals surface area contributed by atoms with Crippen LogP contribution in [0.5, 0.6) is 5.75 Å². The maximum absolute atomic E-state index is 12.3. The van der Waals surface area contributed by atoms with Crippen LogP contribution >= 0.6 is 0 Å². The molecule has 1 heterocycles. The molecule has 2 aromatic rings. The van der Waals surface area contributed by atoms with Gasteiger partial charge in [-0.05, 0) is 74.9 Å². The molecule has 6 nitrogen and oxygen atoms in total. The van der Waals surface area contributed by atoms with Crippen molar-refractivity contribution < 1.29 is 23.2 Å². The summed E-state index contributed by atoms with van der Waals surface area (Å²) in [4.78, 5) is 14.9. The van der Waals surface area contributed by atoms with E-state index in [0.29, 0.717) is 32.2 Å². The van der Waals surface area contributed by atoms with Crippen molar-refractivity contribution in [1.82, 2.24) is 4.90 Å². The monoisotopic (exact) mass is 473 g/mol. The Kier molecular flexibility index (Phi) is 8.54. The van der Waals surface area contributed by atoms with Crippen molar-refractivity contribution in [2.24, 2.45) is 5.92 Å². The van der Waals surface area contributed by atoms with E-state index in [9.17, 15) is 9.00 Å². The van der Waals surface area contributed by atoms with E-state index in [1.54, 1.807) is 18.3 Å². The minimum Gasteiger partial charge on any atom is -0.493 e. The molecule has 0 radical (unpaired) electrons. The predicted octanol–water partition coefficient (Wildman–Crippen LogP) is 5.26. The SMILES string of the molecule is COCc1cc(-c2ccc(S(C)=O)cc2)ccc1OCC1CCN(C(=O)OC(C)(C)C)CC1. The van der Waals surface area contributed by atoms with E-state index < -0.39 is 16.4 Å². The van der Waals surface area contributed by atoms with Gasteiger partial charge in [-0.1, -0.05) is 18.2 Å². The average molecular weight is 474 g/mol. The van der Waals surface area contributed by atoms with Gasteiger partial charge in [0.2, 0.25) is 0 Å². The number of rotatable bonds is 7. The van der Waals surface area contributed by atoms with E-state index in [-0.39, 0.29) is 6.09 Å². The molecule has 1 atom stereocenters. The lowest BCUT2D eigenvalue weighted by atomic mass is 9.98. The number of methoxy groups -OCH3 is 1. The van der Waals surface area contributed by atoms with Crippen molar-refractivity contribution in [2.45, 2.75) is 50.7 Å². The van der Waals surface area contributed by atoms with Crippen LogP contribution in [0.2, 0.25) is 0 Å². The van der Waals surface area contributed by atoms with Crippen LogP contribution in [0.25, 0.3) is 11.1 Å². The highest BCUT2D eigenvalue weighted by Crippen LogP contribution is 2.29. The first-order chi connectivity index (χ1) is 15.7. The first-order valence-corrected chi connectivity index (χ1v) is 12.9. The minimum absolute atomic E-state index is 0.238. The normalized spacial score (nSPS) is 15.8. The van der Waals surface area contributed by atoms with Gasteiger partial charge < -0.3 is 19.1 Å². The van der Waals surface area contributed by atoms with Crippen LogP contribution in [0.3, 0.4) is 0 Å². The Hall–Kier alpha value is -2.38. The second kappa shape index (κ2) is 11.2. The molecule has 0 N–H and O–H groups in total. The summed E-state index contributed by atoms with van der Waals surface area (Å²) in [5.41, 5.74) is 2.64. The van der Waals surface area contributed by atoms with Crippen molar-refractivity contribution >= 4 is 16.9 Å². The fourth-order valence-electron chi connectivity index (χ4n) is 3.82. The standard InChI is InChI=1S/C26H35NO5S/c1-26(2,3)32-25(28)27-14-12-19(13-15-27)17-31-24-11-8-21(16-22(24)18-30-4)20-6-9-23(10-7-20)33(5)29/h6-11,16,19H,12-15,17-18H2,1-5H3. The molecule has 0 aromatic heterocycles. The van der Waals surface area contributed by atoms with Gasteiger partial charge in [-0.25, -0.2) is 4.79 Å². The minimum atomic E-state index is -0.989. The third-order valence-corrected chi connectivity index (χ3v) is 6.56. The topological polar surface area (TPSA) is 65.1 Å². The number of hydrogen-bond acceptors (Lipinski definition) is 5. The van der Waals surface area contributed by atoms with Crippen LogP contribution in [-0.2, 0) is 26.9 Å². The lowest BCUT2D eigenvalue weighted by Crippen LogP contribution is -2.42. The number of piperidine rings is 1. The second-order valence-electron chi connectivity index (χ2n) is 9.46. The second-order valence-corrected chi connectivity index (χ2v) is 10.8. The molecule has 180 valence electrons. The van der Waals surface area contributed by atoms with Gasteiger partial charge in [0, 0.05) is 47.7 Å². The quantitative estimate of drug-likeness (QED) is 0.549. The van der Waals surface area contributed by atoms with Gasteiger partial charge in [0.15, 0.2) is 0 Å². The molecule has 0 saturated carbocycles. The summed E-state index contributed by atoms with van der Waals surface area (Å²) in [6.45, 7) is 8.09. The molecule has 3 rings (SSSR count). The van der Waals surface area contributed by atoms with Crippen molar-refractivity contribution in [3.63, 3.8) is 0 Å². The molecule has 0 spiro atoms.